The minimum atomic E-state index is -0.965. The predicted octanol–water partition coefficient (Wildman–Crippen LogP) is 4.17. The second-order valence-electron chi connectivity index (χ2n) is 6.89. The van der Waals surface area contributed by atoms with Crippen molar-refractivity contribution in [3.63, 3.8) is 0 Å². The lowest BCUT2D eigenvalue weighted by atomic mass is 9.85. The van der Waals surface area contributed by atoms with Crippen LogP contribution in [0.3, 0.4) is 0 Å². The van der Waals surface area contributed by atoms with Crippen molar-refractivity contribution in [3.8, 4) is 16.9 Å². The van der Waals surface area contributed by atoms with Gasteiger partial charge in [0.2, 0.25) is 5.91 Å². The van der Waals surface area contributed by atoms with Gasteiger partial charge in [-0.3, -0.25) is 4.79 Å². The van der Waals surface area contributed by atoms with Crippen LogP contribution in [0.2, 0.25) is 5.02 Å². The number of nitrogens with two attached hydrogens (primary N) is 2. The lowest BCUT2D eigenvalue weighted by Crippen LogP contribution is -2.39. The number of amides is 1. The van der Waals surface area contributed by atoms with E-state index in [0.717, 1.165) is 11.6 Å². The van der Waals surface area contributed by atoms with Gasteiger partial charge in [-0.15, -0.1) is 0 Å². The molecule has 1 atom stereocenters. The van der Waals surface area contributed by atoms with Crippen LogP contribution in [0.15, 0.2) is 54.6 Å². The summed E-state index contributed by atoms with van der Waals surface area (Å²) >= 11 is 6.26. The Balaban J connectivity index is 1.98. The number of ether oxygens (including phenoxy) is 1. The second-order valence-corrected chi connectivity index (χ2v) is 7.27. The summed E-state index contributed by atoms with van der Waals surface area (Å²) < 4.78 is 35.6. The Hall–Kier alpha value is -2.96. The van der Waals surface area contributed by atoms with E-state index in [4.69, 9.17) is 27.8 Å². The molecular weight excluding hydrogens is 398 g/mol. The number of carbonyl (C=O) groups excluding carboxylic acids is 1. The molecule has 0 spiro atoms. The third-order valence-electron chi connectivity index (χ3n) is 5.21. The smallest absolute Gasteiger partial charge is 0.249 e. The fourth-order valence-electron chi connectivity index (χ4n) is 3.82. The molecule has 7 heteroatoms. The van der Waals surface area contributed by atoms with Crippen molar-refractivity contribution in [2.24, 2.45) is 11.5 Å². The predicted molar refractivity (Wildman–Crippen MR) is 107 cm³/mol. The molecule has 148 valence electrons. The first kappa shape index (κ1) is 19.4. The van der Waals surface area contributed by atoms with Gasteiger partial charge >= 0.3 is 0 Å². The van der Waals surface area contributed by atoms with Crippen molar-refractivity contribution in [3.05, 3.63) is 87.9 Å². The largest absolute Gasteiger partial charge is 0.480 e. The summed E-state index contributed by atoms with van der Waals surface area (Å²) in [5.74, 6) is -2.17. The molecule has 1 amide bonds. The Kier molecular flexibility index (Phi) is 4.76. The molecular formula is C22H17ClF2N2O2. The van der Waals surface area contributed by atoms with Crippen molar-refractivity contribution < 1.29 is 18.3 Å². The van der Waals surface area contributed by atoms with E-state index < -0.39 is 23.1 Å². The second kappa shape index (κ2) is 7.13. The van der Waals surface area contributed by atoms with Crippen molar-refractivity contribution in [2.45, 2.75) is 12.0 Å². The molecule has 0 fully saturated rings. The molecule has 0 radical (unpaired) electrons. The molecule has 0 bridgehead atoms. The molecule has 0 saturated heterocycles. The van der Waals surface area contributed by atoms with Gasteiger partial charge in [0.05, 0.1) is 5.02 Å². The summed E-state index contributed by atoms with van der Waals surface area (Å²) in [5.41, 5.74) is 11.6. The van der Waals surface area contributed by atoms with Crippen LogP contribution in [0.4, 0.5) is 8.78 Å². The van der Waals surface area contributed by atoms with Crippen LogP contribution >= 0.6 is 11.6 Å². The van der Waals surface area contributed by atoms with Crippen LogP contribution in [0.1, 0.15) is 21.5 Å². The maximum Gasteiger partial charge on any atom is 0.249 e. The first-order chi connectivity index (χ1) is 13.9. The van der Waals surface area contributed by atoms with E-state index in [1.165, 1.54) is 18.2 Å². The molecule has 1 aliphatic rings. The van der Waals surface area contributed by atoms with Crippen LogP contribution in [0.5, 0.6) is 5.75 Å². The number of fused-ring (bicyclic) bond motifs is 1. The third-order valence-corrected chi connectivity index (χ3v) is 5.58. The van der Waals surface area contributed by atoms with E-state index in [1.54, 1.807) is 0 Å². The molecule has 1 aliphatic heterocycles. The number of carbonyl (C=O) groups is 1. The van der Waals surface area contributed by atoms with E-state index >= 15 is 0 Å². The Morgan fingerprint density at radius 1 is 1.07 bits per heavy atom. The van der Waals surface area contributed by atoms with E-state index in [2.05, 4.69) is 0 Å². The van der Waals surface area contributed by atoms with Crippen LogP contribution in [-0.4, -0.2) is 12.5 Å². The zero-order chi connectivity index (χ0) is 20.8. The number of benzene rings is 3. The molecule has 0 unspecified atom stereocenters. The highest BCUT2D eigenvalue weighted by Crippen LogP contribution is 2.49. The topological polar surface area (TPSA) is 78.3 Å². The van der Waals surface area contributed by atoms with Crippen molar-refractivity contribution in [1.82, 2.24) is 0 Å². The van der Waals surface area contributed by atoms with Gasteiger partial charge in [-0.1, -0.05) is 48.0 Å². The average Bonchev–Trinajstić information content (AvgIpc) is 3.09. The maximum atomic E-state index is 14.8. The van der Waals surface area contributed by atoms with E-state index in [1.807, 2.05) is 30.3 Å². The highest BCUT2D eigenvalue weighted by atomic mass is 35.5. The first-order valence-corrected chi connectivity index (χ1v) is 9.30. The molecule has 1 heterocycles. The number of hydrogen-bond donors (Lipinski definition) is 2. The molecule has 0 aromatic heterocycles. The van der Waals surface area contributed by atoms with Gasteiger partial charge < -0.3 is 16.2 Å². The van der Waals surface area contributed by atoms with Gasteiger partial charge in [0, 0.05) is 41.3 Å². The fraction of sp³-hybridized carbons (Fsp3) is 0.136. The summed E-state index contributed by atoms with van der Waals surface area (Å²) in [6.07, 6.45) is 0.227. The Morgan fingerprint density at radius 2 is 1.79 bits per heavy atom. The van der Waals surface area contributed by atoms with Gasteiger partial charge in [-0.05, 0) is 17.7 Å². The van der Waals surface area contributed by atoms with E-state index in [9.17, 15) is 13.6 Å². The lowest BCUT2D eigenvalue weighted by molar-refractivity contribution is 0.1000. The number of primary amides is 1. The Labute approximate surface area is 171 Å². The number of halogens is 3. The van der Waals surface area contributed by atoms with Crippen molar-refractivity contribution in [2.75, 3.05) is 6.54 Å². The number of rotatable bonds is 4. The van der Waals surface area contributed by atoms with Gasteiger partial charge in [0.1, 0.15) is 17.4 Å². The molecule has 4 rings (SSSR count). The highest BCUT2D eigenvalue weighted by molar-refractivity contribution is 6.34. The molecule has 0 aliphatic carbocycles. The Morgan fingerprint density at radius 3 is 2.45 bits per heavy atom. The summed E-state index contributed by atoms with van der Waals surface area (Å²) in [7, 11) is 0. The van der Waals surface area contributed by atoms with Gasteiger partial charge in [0.25, 0.3) is 0 Å². The fourth-order valence-corrected chi connectivity index (χ4v) is 4.08. The highest BCUT2D eigenvalue weighted by Gasteiger charge is 2.43. The molecule has 4 nitrogen and oxygen atoms in total. The standard InChI is InChI=1S/C22H17ClF2N2O2/c23-20-16(25)9-17-14(10-22(11-26,29-17)12-5-2-1-3-6-12)19(20)18-13(21(27)28)7-4-8-15(18)24/h1-9H,10-11,26H2,(H2,27,28)/t22-/m1/s1. The van der Waals surface area contributed by atoms with Crippen LogP contribution in [0, 0.1) is 11.6 Å². The molecule has 3 aromatic carbocycles. The zero-order valence-corrected chi connectivity index (χ0v) is 16.0. The SMILES string of the molecule is NC[C@@]1(c2ccccc2)Cc2c(cc(F)c(Cl)c2-c2c(F)cccc2C(N)=O)O1. The van der Waals surface area contributed by atoms with E-state index in [-0.39, 0.29) is 40.4 Å². The van der Waals surface area contributed by atoms with Crippen molar-refractivity contribution >= 4 is 17.5 Å². The van der Waals surface area contributed by atoms with Crippen LogP contribution < -0.4 is 16.2 Å². The molecule has 4 N–H and O–H groups in total. The molecule has 29 heavy (non-hydrogen) atoms. The first-order valence-electron chi connectivity index (χ1n) is 8.92. The lowest BCUT2D eigenvalue weighted by Gasteiger charge is -2.27. The maximum absolute atomic E-state index is 14.8. The minimum absolute atomic E-state index is 0.0554. The van der Waals surface area contributed by atoms with Crippen LogP contribution in [0.25, 0.3) is 11.1 Å². The van der Waals surface area contributed by atoms with Gasteiger partial charge in [0.15, 0.2) is 5.60 Å². The average molecular weight is 415 g/mol. The zero-order valence-electron chi connectivity index (χ0n) is 15.2. The quantitative estimate of drug-likeness (QED) is 0.672. The normalized spacial score (nSPS) is 17.7. The minimum Gasteiger partial charge on any atom is -0.480 e. The summed E-state index contributed by atoms with van der Waals surface area (Å²) in [6.45, 7) is 0.102. The monoisotopic (exact) mass is 414 g/mol. The summed E-state index contributed by atoms with van der Waals surface area (Å²) in [6, 6.07) is 14.3. The van der Waals surface area contributed by atoms with Crippen molar-refractivity contribution in [1.29, 1.82) is 0 Å². The summed E-state index contributed by atoms with van der Waals surface area (Å²) in [5, 5.41) is -0.305. The summed E-state index contributed by atoms with van der Waals surface area (Å²) in [4.78, 5) is 11.9. The van der Waals surface area contributed by atoms with Gasteiger partial charge in [-0.2, -0.15) is 0 Å². The number of hydrogen-bond acceptors (Lipinski definition) is 3. The Bertz CT molecular complexity index is 1120. The van der Waals surface area contributed by atoms with E-state index in [0.29, 0.717) is 5.56 Å². The molecule has 3 aromatic rings. The van der Waals surface area contributed by atoms with Crippen LogP contribution in [-0.2, 0) is 12.0 Å². The molecule has 0 saturated carbocycles. The third kappa shape index (κ3) is 3.05. The van der Waals surface area contributed by atoms with Gasteiger partial charge in [-0.25, -0.2) is 8.78 Å².